The number of unbranched alkanes of at least 4 members (excludes halogenated alkanes) is 1. The second-order valence-corrected chi connectivity index (χ2v) is 13.1. The van der Waals surface area contributed by atoms with E-state index in [0.717, 1.165) is 55.3 Å². The first kappa shape index (κ1) is 34.0. The van der Waals surface area contributed by atoms with E-state index < -0.39 is 12.1 Å². The molecule has 47 heavy (non-hydrogen) atoms. The molecule has 11 nitrogen and oxygen atoms in total. The fourth-order valence-corrected chi connectivity index (χ4v) is 6.95. The number of para-hydroxylation sites is 1. The molecule has 5 rings (SSSR count). The van der Waals surface area contributed by atoms with E-state index in [1.807, 2.05) is 25.1 Å². The fraction of sp³-hybridized carbons (Fsp3) is 0.500. The zero-order chi connectivity index (χ0) is 33.2. The number of aromatic amines is 1. The van der Waals surface area contributed by atoms with E-state index in [1.54, 1.807) is 12.1 Å². The molecule has 2 aliphatic rings. The van der Waals surface area contributed by atoms with Crippen LogP contribution < -0.4 is 37.9 Å². The minimum Gasteiger partial charge on any atom is -0.384 e. The van der Waals surface area contributed by atoms with Crippen molar-refractivity contribution in [2.45, 2.75) is 89.1 Å². The summed E-state index contributed by atoms with van der Waals surface area (Å²) in [6.07, 6.45) is 8.52. The van der Waals surface area contributed by atoms with Gasteiger partial charge in [-0.15, -0.1) is 0 Å². The number of aromatic nitrogens is 1. The molecule has 1 unspecified atom stereocenters. The Hall–Kier alpha value is -4.38. The van der Waals surface area contributed by atoms with Crippen LogP contribution in [0.2, 0.25) is 0 Å². The van der Waals surface area contributed by atoms with Gasteiger partial charge in [0.05, 0.1) is 5.52 Å². The van der Waals surface area contributed by atoms with Gasteiger partial charge in [-0.05, 0) is 80.8 Å². The van der Waals surface area contributed by atoms with E-state index in [4.69, 9.17) is 5.73 Å². The number of carbonyl (C=O) groups is 3. The molecule has 1 saturated carbocycles. The lowest BCUT2D eigenvalue weighted by molar-refractivity contribution is -0.128. The summed E-state index contributed by atoms with van der Waals surface area (Å²) < 4.78 is 0. The third-order valence-electron chi connectivity index (χ3n) is 9.53. The molecule has 0 radical (unpaired) electrons. The molecule has 0 saturated heterocycles. The summed E-state index contributed by atoms with van der Waals surface area (Å²) in [4.78, 5) is 55.3. The molecule has 1 aliphatic carbocycles. The molecule has 1 aliphatic heterocycles. The van der Waals surface area contributed by atoms with Gasteiger partial charge in [0.15, 0.2) is 0 Å². The Kier molecular flexibility index (Phi) is 11.9. The van der Waals surface area contributed by atoms with Crippen LogP contribution in [0.25, 0.3) is 10.9 Å². The van der Waals surface area contributed by atoms with E-state index >= 15 is 0 Å². The number of amides is 4. The number of nitrogens with one attached hydrogen (secondary N) is 6. The van der Waals surface area contributed by atoms with Gasteiger partial charge in [0.25, 0.3) is 0 Å². The largest absolute Gasteiger partial charge is 0.384 e. The monoisotopic (exact) mass is 643 g/mol. The minimum atomic E-state index is -0.824. The maximum Gasteiger partial charge on any atom is 0.315 e. The number of benzene rings is 2. The van der Waals surface area contributed by atoms with Crippen molar-refractivity contribution in [2.75, 3.05) is 30.3 Å². The molecule has 0 bridgehead atoms. The van der Waals surface area contributed by atoms with Crippen molar-refractivity contribution in [3.8, 4) is 0 Å². The number of hydrogen-bond acceptors (Lipinski definition) is 6. The van der Waals surface area contributed by atoms with Crippen LogP contribution in [0.3, 0.4) is 0 Å². The van der Waals surface area contributed by atoms with Crippen LogP contribution in [-0.2, 0) is 9.59 Å². The van der Waals surface area contributed by atoms with E-state index in [1.165, 1.54) is 18.1 Å². The molecular weight excluding hydrogens is 594 g/mol. The van der Waals surface area contributed by atoms with Gasteiger partial charge in [-0.3, -0.25) is 14.4 Å². The van der Waals surface area contributed by atoms with Crippen LogP contribution >= 0.6 is 0 Å². The Labute approximate surface area is 276 Å². The fourth-order valence-electron chi connectivity index (χ4n) is 6.95. The summed E-state index contributed by atoms with van der Waals surface area (Å²) in [7, 11) is 0. The number of pyridine rings is 1. The lowest BCUT2D eigenvalue weighted by atomic mass is 9.84. The Morgan fingerprint density at radius 2 is 1.77 bits per heavy atom. The van der Waals surface area contributed by atoms with Gasteiger partial charge in [-0.1, -0.05) is 56.4 Å². The highest BCUT2D eigenvalue weighted by Gasteiger charge is 2.30. The zero-order valence-corrected chi connectivity index (χ0v) is 27.3. The minimum absolute atomic E-state index is 0.216. The summed E-state index contributed by atoms with van der Waals surface area (Å²) in [5.41, 5.74) is 9.89. The summed E-state index contributed by atoms with van der Waals surface area (Å²) in [6.45, 7) is 3.65. The predicted molar refractivity (Wildman–Crippen MR) is 187 cm³/mol. The van der Waals surface area contributed by atoms with Crippen LogP contribution in [0.5, 0.6) is 0 Å². The Bertz CT molecular complexity index is 1600. The second kappa shape index (κ2) is 16.4. The molecule has 0 spiro atoms. The molecule has 1 fully saturated rings. The first-order chi connectivity index (χ1) is 22.8. The Morgan fingerprint density at radius 1 is 0.957 bits per heavy atom. The Morgan fingerprint density at radius 3 is 2.57 bits per heavy atom. The SMILES string of the molecule is Cc1cc(=O)[nH]c2cc(NC(=O)[C@H](CCCCN)NC(=O)[C@H](CC3CCCCC3)NC(=O)NCCC3CNc4ccccc43)ccc12. The number of nitrogens with two attached hydrogens (primary N) is 1. The third kappa shape index (κ3) is 9.34. The Balaban J connectivity index is 1.23. The first-order valence-corrected chi connectivity index (χ1v) is 17.1. The number of rotatable bonds is 14. The molecule has 3 aromatic rings. The predicted octanol–water partition coefficient (Wildman–Crippen LogP) is 4.63. The maximum absolute atomic E-state index is 13.8. The zero-order valence-electron chi connectivity index (χ0n) is 27.3. The molecule has 8 N–H and O–H groups in total. The number of urea groups is 1. The van der Waals surface area contributed by atoms with Crippen molar-refractivity contribution < 1.29 is 14.4 Å². The molecule has 252 valence electrons. The highest BCUT2D eigenvalue weighted by Crippen LogP contribution is 2.33. The van der Waals surface area contributed by atoms with Crippen molar-refractivity contribution in [2.24, 2.45) is 11.7 Å². The van der Waals surface area contributed by atoms with Gasteiger partial charge in [-0.25, -0.2) is 4.79 Å². The average Bonchev–Trinajstić information content (AvgIpc) is 3.47. The number of anilines is 2. The van der Waals surface area contributed by atoms with Crippen LogP contribution in [0, 0.1) is 12.8 Å². The molecule has 2 heterocycles. The molecule has 4 amide bonds. The molecular formula is C36H49N7O4. The summed E-state index contributed by atoms with van der Waals surface area (Å²) in [5.74, 6) is -0.0943. The van der Waals surface area contributed by atoms with Gasteiger partial charge in [0.1, 0.15) is 12.1 Å². The number of carbonyl (C=O) groups excluding carboxylic acids is 3. The number of hydrogen-bond donors (Lipinski definition) is 7. The van der Waals surface area contributed by atoms with E-state index in [2.05, 4.69) is 43.7 Å². The van der Waals surface area contributed by atoms with Crippen LogP contribution in [-0.4, -0.2) is 54.5 Å². The van der Waals surface area contributed by atoms with Crippen molar-refractivity contribution in [1.29, 1.82) is 0 Å². The number of fused-ring (bicyclic) bond motifs is 2. The van der Waals surface area contributed by atoms with Gasteiger partial charge in [-0.2, -0.15) is 0 Å². The lowest BCUT2D eigenvalue weighted by Crippen LogP contribution is -2.55. The lowest BCUT2D eigenvalue weighted by Gasteiger charge is -2.28. The summed E-state index contributed by atoms with van der Waals surface area (Å²) in [5, 5.41) is 16.1. The average molecular weight is 644 g/mol. The van der Waals surface area contributed by atoms with Crippen molar-refractivity contribution in [1.82, 2.24) is 20.9 Å². The summed E-state index contributed by atoms with van der Waals surface area (Å²) >= 11 is 0. The van der Waals surface area contributed by atoms with Crippen LogP contribution in [0.15, 0.2) is 53.3 Å². The number of aryl methyl sites for hydroxylation is 1. The van der Waals surface area contributed by atoms with Gasteiger partial charge < -0.3 is 37.3 Å². The highest BCUT2D eigenvalue weighted by molar-refractivity contribution is 5.99. The van der Waals surface area contributed by atoms with Crippen LogP contribution in [0.1, 0.15) is 81.3 Å². The van der Waals surface area contributed by atoms with Crippen molar-refractivity contribution in [3.05, 3.63) is 70.0 Å². The number of H-pyrrole nitrogens is 1. The summed E-state index contributed by atoms with van der Waals surface area (Å²) in [6, 6.07) is 13.1. The normalized spacial score (nSPS) is 17.3. The van der Waals surface area contributed by atoms with Gasteiger partial charge in [0, 0.05) is 41.8 Å². The maximum atomic E-state index is 13.8. The topological polar surface area (TPSA) is 170 Å². The van der Waals surface area contributed by atoms with E-state index in [0.29, 0.717) is 61.8 Å². The molecule has 2 aromatic carbocycles. The van der Waals surface area contributed by atoms with E-state index in [9.17, 15) is 19.2 Å². The van der Waals surface area contributed by atoms with E-state index in [-0.39, 0.29) is 23.4 Å². The first-order valence-electron chi connectivity index (χ1n) is 17.1. The molecule has 11 heteroatoms. The third-order valence-corrected chi connectivity index (χ3v) is 9.53. The van der Waals surface area contributed by atoms with Gasteiger partial charge in [0.2, 0.25) is 17.4 Å². The van der Waals surface area contributed by atoms with Crippen molar-refractivity contribution in [3.63, 3.8) is 0 Å². The smallest absolute Gasteiger partial charge is 0.315 e. The highest BCUT2D eigenvalue weighted by atomic mass is 16.2. The van der Waals surface area contributed by atoms with Crippen molar-refractivity contribution >= 4 is 40.1 Å². The quantitative estimate of drug-likeness (QED) is 0.126. The second-order valence-electron chi connectivity index (χ2n) is 13.1. The van der Waals surface area contributed by atoms with Gasteiger partial charge >= 0.3 is 6.03 Å². The van der Waals surface area contributed by atoms with Crippen LogP contribution in [0.4, 0.5) is 16.2 Å². The molecule has 3 atom stereocenters. The molecule has 1 aromatic heterocycles. The standard InChI is InChI=1S/C36H49N7O4/c1-23-19-33(44)41-31-21-26(14-15-27(23)31)40-34(45)30(13-7-8-17-37)42-35(46)32(20-24-9-3-2-4-10-24)43-36(47)38-18-16-25-22-39-29-12-6-5-11-28(25)29/h5-6,11-12,14-15,19,21,24-25,30,32,39H,2-4,7-10,13,16-18,20,22,37H2,1H3,(H,40,45)(H,41,44)(H,42,46)(H2,38,43,47)/t25?,30-,32-/m0/s1.